The van der Waals surface area contributed by atoms with E-state index >= 15 is 0 Å². The van der Waals surface area contributed by atoms with E-state index in [-0.39, 0.29) is 0 Å². The van der Waals surface area contributed by atoms with Crippen LogP contribution in [0.4, 0.5) is 0 Å². The van der Waals surface area contributed by atoms with Gasteiger partial charge in [0.05, 0.1) is 18.1 Å². The number of allylic oxidation sites excluding steroid dienone is 2. The van der Waals surface area contributed by atoms with Gasteiger partial charge in [0.1, 0.15) is 0 Å². The van der Waals surface area contributed by atoms with E-state index in [1.54, 1.807) is 0 Å². The first-order valence-electron chi connectivity index (χ1n) is 7.17. The number of hydrogen-bond acceptors (Lipinski definition) is 4. The largest absolute Gasteiger partial charge is 0.481 e. The van der Waals surface area contributed by atoms with E-state index in [4.69, 9.17) is 4.74 Å². The van der Waals surface area contributed by atoms with Crippen molar-refractivity contribution < 1.29 is 4.74 Å². The van der Waals surface area contributed by atoms with E-state index in [0.717, 1.165) is 17.6 Å². The number of ether oxygens (including phenoxy) is 1. The van der Waals surface area contributed by atoms with Gasteiger partial charge in [0.25, 0.3) is 0 Å². The van der Waals surface area contributed by atoms with Crippen LogP contribution in [0.25, 0.3) is 0 Å². The number of rotatable bonds is 2. The molecule has 3 saturated heterocycles. The lowest BCUT2D eigenvalue weighted by Crippen LogP contribution is -2.56. The van der Waals surface area contributed by atoms with Crippen molar-refractivity contribution in [1.29, 1.82) is 0 Å². The Morgan fingerprint density at radius 1 is 1.32 bits per heavy atom. The molecule has 5 aliphatic rings. The zero-order valence-electron chi connectivity index (χ0n) is 11.3. The third-order valence-corrected chi connectivity index (χ3v) is 5.84. The molecule has 5 rings (SSSR count). The van der Waals surface area contributed by atoms with Gasteiger partial charge in [-0.1, -0.05) is 6.08 Å². The molecule has 0 aliphatic carbocycles. The van der Waals surface area contributed by atoms with E-state index in [2.05, 4.69) is 28.2 Å². The number of nitrogens with zero attached hydrogens (tertiary/aromatic N) is 2. The maximum Gasteiger partial charge on any atom is 0.208 e. The Morgan fingerprint density at radius 3 is 2.84 bits per heavy atom. The Labute approximate surface area is 119 Å². The molecule has 5 aliphatic heterocycles. The maximum absolute atomic E-state index is 5.75. The molecule has 3 nitrogen and oxygen atoms in total. The van der Waals surface area contributed by atoms with Crippen molar-refractivity contribution in [3.63, 3.8) is 0 Å². The van der Waals surface area contributed by atoms with Gasteiger partial charge >= 0.3 is 0 Å². The van der Waals surface area contributed by atoms with Gasteiger partial charge in [-0.3, -0.25) is 0 Å². The Hall–Kier alpha value is -0.870. The molecule has 1 atom stereocenters. The van der Waals surface area contributed by atoms with Crippen LogP contribution in [-0.2, 0) is 4.74 Å². The van der Waals surface area contributed by atoms with Crippen LogP contribution in [0.5, 0.6) is 0 Å². The second kappa shape index (κ2) is 4.60. The standard InChI is InChI=1S/C15H20N2OS/c1-18-15-14-12(5-9-19-14)4-8-17(15)13-10-16-6-2-11(13)3-7-16/h4-5,8,11,13H,2-3,6-7,9-10H2,1H3/t13-/m0/s1. The minimum atomic E-state index is 0.601. The van der Waals surface area contributed by atoms with Crippen LogP contribution < -0.4 is 0 Å². The van der Waals surface area contributed by atoms with Crippen molar-refractivity contribution in [2.24, 2.45) is 5.92 Å². The lowest BCUT2D eigenvalue weighted by molar-refractivity contribution is 0.0144. The molecule has 0 aromatic heterocycles. The molecule has 4 heteroatoms. The molecule has 3 fully saturated rings. The zero-order chi connectivity index (χ0) is 12.8. The molecule has 0 N–H and O–H groups in total. The highest BCUT2D eigenvalue weighted by Gasteiger charge is 2.39. The van der Waals surface area contributed by atoms with E-state index in [1.165, 1.54) is 43.0 Å². The Bertz CT molecular complexity index is 475. The second-order valence-corrected chi connectivity index (χ2v) is 6.77. The highest BCUT2D eigenvalue weighted by Crippen LogP contribution is 2.42. The van der Waals surface area contributed by atoms with E-state index in [1.807, 2.05) is 18.9 Å². The fraction of sp³-hybridized carbons (Fsp3) is 0.600. The average Bonchev–Trinajstić information content (AvgIpc) is 2.95. The molecular formula is C15H20N2OS. The van der Waals surface area contributed by atoms with E-state index in [0.29, 0.717) is 6.04 Å². The minimum absolute atomic E-state index is 0.601. The summed E-state index contributed by atoms with van der Waals surface area (Å²) in [6, 6.07) is 0.601. The van der Waals surface area contributed by atoms with E-state index in [9.17, 15) is 0 Å². The van der Waals surface area contributed by atoms with Crippen LogP contribution in [-0.4, -0.2) is 48.3 Å². The molecule has 0 radical (unpaired) electrons. The minimum Gasteiger partial charge on any atom is -0.481 e. The Morgan fingerprint density at radius 2 is 2.16 bits per heavy atom. The smallest absolute Gasteiger partial charge is 0.208 e. The second-order valence-electron chi connectivity index (χ2n) is 5.74. The van der Waals surface area contributed by atoms with Crippen molar-refractivity contribution in [2.75, 3.05) is 32.5 Å². The number of fused-ring (bicyclic) bond motifs is 4. The summed E-state index contributed by atoms with van der Waals surface area (Å²) < 4.78 is 5.75. The fourth-order valence-electron chi connectivity index (χ4n) is 3.77. The van der Waals surface area contributed by atoms with Gasteiger partial charge in [0.2, 0.25) is 5.88 Å². The van der Waals surface area contributed by atoms with Gasteiger partial charge < -0.3 is 14.5 Å². The molecule has 0 aromatic rings. The van der Waals surface area contributed by atoms with Gasteiger partial charge in [0, 0.05) is 18.5 Å². The molecule has 0 amide bonds. The summed E-state index contributed by atoms with van der Waals surface area (Å²) in [5, 5.41) is 0. The molecule has 0 spiro atoms. The van der Waals surface area contributed by atoms with Crippen LogP contribution in [0.2, 0.25) is 0 Å². The first-order chi connectivity index (χ1) is 9.36. The van der Waals surface area contributed by atoms with Gasteiger partial charge in [-0.05, 0) is 43.5 Å². The lowest BCUT2D eigenvalue weighted by Gasteiger charge is -2.49. The van der Waals surface area contributed by atoms with Crippen LogP contribution in [0, 0.1) is 5.92 Å². The molecule has 0 saturated carbocycles. The zero-order valence-corrected chi connectivity index (χ0v) is 12.2. The monoisotopic (exact) mass is 276 g/mol. The van der Waals surface area contributed by atoms with Crippen molar-refractivity contribution in [3.8, 4) is 0 Å². The molecule has 102 valence electrons. The van der Waals surface area contributed by atoms with Crippen LogP contribution >= 0.6 is 11.8 Å². The quantitative estimate of drug-likeness (QED) is 0.769. The van der Waals surface area contributed by atoms with Crippen molar-refractivity contribution in [3.05, 3.63) is 34.7 Å². The van der Waals surface area contributed by atoms with Crippen LogP contribution in [0.3, 0.4) is 0 Å². The molecule has 5 heterocycles. The number of piperidine rings is 3. The van der Waals surface area contributed by atoms with E-state index < -0.39 is 0 Å². The predicted molar refractivity (Wildman–Crippen MR) is 78.5 cm³/mol. The molecule has 2 bridgehead atoms. The van der Waals surface area contributed by atoms with Gasteiger partial charge in [-0.25, -0.2) is 0 Å². The third-order valence-electron chi connectivity index (χ3n) is 4.81. The summed E-state index contributed by atoms with van der Waals surface area (Å²) in [6.07, 6.45) is 9.49. The third kappa shape index (κ3) is 1.84. The summed E-state index contributed by atoms with van der Waals surface area (Å²) in [4.78, 5) is 6.34. The maximum atomic E-state index is 5.75. The average molecular weight is 276 g/mol. The predicted octanol–water partition coefficient (Wildman–Crippen LogP) is 2.40. The molecule has 0 unspecified atom stereocenters. The van der Waals surface area contributed by atoms with Gasteiger partial charge in [-0.15, -0.1) is 11.8 Å². The molecule has 19 heavy (non-hydrogen) atoms. The summed E-state index contributed by atoms with van der Waals surface area (Å²) in [7, 11) is 1.81. The van der Waals surface area contributed by atoms with Crippen LogP contribution in [0.15, 0.2) is 34.7 Å². The summed E-state index contributed by atoms with van der Waals surface area (Å²) in [5.74, 6) is 2.99. The van der Waals surface area contributed by atoms with Gasteiger partial charge in [-0.2, -0.15) is 0 Å². The van der Waals surface area contributed by atoms with Crippen molar-refractivity contribution >= 4 is 11.8 Å². The van der Waals surface area contributed by atoms with Crippen LogP contribution in [0.1, 0.15) is 12.8 Å². The number of hydrogen-bond donors (Lipinski definition) is 0. The van der Waals surface area contributed by atoms with Crippen molar-refractivity contribution in [1.82, 2.24) is 9.80 Å². The normalized spacial score (nSPS) is 36.6. The lowest BCUT2D eigenvalue weighted by atomic mass is 9.83. The van der Waals surface area contributed by atoms with Gasteiger partial charge in [0.15, 0.2) is 0 Å². The first-order valence-corrected chi connectivity index (χ1v) is 8.16. The Kier molecular flexibility index (Phi) is 2.88. The summed E-state index contributed by atoms with van der Waals surface area (Å²) in [5.41, 5.74) is 1.35. The number of methoxy groups -OCH3 is 1. The molecular weight excluding hydrogens is 256 g/mol. The van der Waals surface area contributed by atoms with Crippen molar-refractivity contribution in [2.45, 2.75) is 18.9 Å². The highest BCUT2D eigenvalue weighted by atomic mass is 32.2. The summed E-state index contributed by atoms with van der Waals surface area (Å²) >= 11 is 1.90. The Balaban J connectivity index is 1.66. The highest BCUT2D eigenvalue weighted by molar-refractivity contribution is 8.03. The SMILES string of the molecule is COC1=C2SCC=C2C=CN1[C@H]1CN2CCC1CC2. The number of thioether (sulfide) groups is 1. The molecule has 0 aromatic carbocycles. The first kappa shape index (κ1) is 11.9. The summed E-state index contributed by atoms with van der Waals surface area (Å²) in [6.45, 7) is 3.77. The topological polar surface area (TPSA) is 15.7 Å². The fourth-order valence-corrected chi connectivity index (χ4v) is 4.83.